The molecule has 4 nitrogen and oxygen atoms in total. The molecule has 0 amide bonds. The van der Waals surface area contributed by atoms with Crippen LogP contribution in [0.2, 0.25) is 0 Å². The molecular weight excluding hydrogens is 271 g/mol. The Balaban J connectivity index is 1.79. The maximum absolute atomic E-state index is 14.1. The summed E-state index contributed by atoms with van der Waals surface area (Å²) in [4.78, 5) is 0. The Morgan fingerprint density at radius 1 is 1.24 bits per heavy atom. The van der Waals surface area contributed by atoms with Gasteiger partial charge in [-0.15, -0.1) is 0 Å². The Bertz CT molecular complexity index is 472. The van der Waals surface area contributed by atoms with E-state index in [0.717, 1.165) is 38.9 Å². The number of nitrogens with one attached hydrogen (secondary N) is 1. The van der Waals surface area contributed by atoms with Crippen LogP contribution in [0.25, 0.3) is 0 Å². The average Bonchev–Trinajstić information content (AvgIpc) is 2.51. The van der Waals surface area contributed by atoms with Gasteiger partial charge < -0.3 is 9.47 Å². The van der Waals surface area contributed by atoms with E-state index in [2.05, 4.69) is 5.43 Å². The zero-order valence-corrected chi connectivity index (χ0v) is 12.2. The molecule has 2 fully saturated rings. The van der Waals surface area contributed by atoms with E-state index < -0.39 is 0 Å². The van der Waals surface area contributed by atoms with Crippen LogP contribution in [0.1, 0.15) is 37.3 Å². The Hall–Kier alpha value is -1.01. The van der Waals surface area contributed by atoms with Gasteiger partial charge >= 0.3 is 0 Å². The van der Waals surface area contributed by atoms with Crippen molar-refractivity contribution < 1.29 is 13.9 Å². The largest absolute Gasteiger partial charge is 0.381 e. The van der Waals surface area contributed by atoms with Gasteiger partial charge in [0.25, 0.3) is 0 Å². The van der Waals surface area contributed by atoms with Gasteiger partial charge in [-0.3, -0.25) is 11.3 Å². The lowest BCUT2D eigenvalue weighted by molar-refractivity contribution is -0.150. The molecule has 3 rings (SSSR count). The standard InChI is InChI=1S/C16H23FN2O2/c17-14-4-2-1-3-13(14)15(19-18)12-5-8-21-16(11-12)6-9-20-10-7-16/h1-4,12,15,19H,5-11,18H2. The Morgan fingerprint density at radius 2 is 2.00 bits per heavy atom. The molecule has 3 N–H and O–H groups in total. The normalized spacial score (nSPS) is 26.7. The summed E-state index contributed by atoms with van der Waals surface area (Å²) < 4.78 is 25.6. The van der Waals surface area contributed by atoms with E-state index in [1.807, 2.05) is 12.1 Å². The first-order valence-electron chi connectivity index (χ1n) is 7.66. The molecule has 0 aliphatic carbocycles. The molecule has 1 aromatic carbocycles. The van der Waals surface area contributed by atoms with Crippen molar-refractivity contribution in [2.24, 2.45) is 11.8 Å². The molecule has 21 heavy (non-hydrogen) atoms. The minimum Gasteiger partial charge on any atom is -0.381 e. The number of halogens is 1. The second kappa shape index (κ2) is 6.40. The second-order valence-corrected chi connectivity index (χ2v) is 6.06. The van der Waals surface area contributed by atoms with Crippen LogP contribution in [-0.2, 0) is 9.47 Å². The minimum atomic E-state index is -0.201. The van der Waals surface area contributed by atoms with Crippen molar-refractivity contribution in [2.75, 3.05) is 19.8 Å². The van der Waals surface area contributed by atoms with Gasteiger partial charge in [-0.2, -0.15) is 0 Å². The fourth-order valence-electron chi connectivity index (χ4n) is 3.65. The number of rotatable bonds is 3. The molecule has 1 spiro atoms. The van der Waals surface area contributed by atoms with Crippen molar-refractivity contribution in [3.05, 3.63) is 35.6 Å². The predicted molar refractivity (Wildman–Crippen MR) is 77.9 cm³/mol. The van der Waals surface area contributed by atoms with Gasteiger partial charge in [-0.05, 0) is 37.7 Å². The van der Waals surface area contributed by atoms with Gasteiger partial charge in [0.1, 0.15) is 5.82 Å². The lowest BCUT2D eigenvalue weighted by Gasteiger charge is -2.45. The van der Waals surface area contributed by atoms with E-state index in [9.17, 15) is 4.39 Å². The molecule has 1 aromatic rings. The van der Waals surface area contributed by atoms with E-state index >= 15 is 0 Å². The number of benzene rings is 1. The third-order valence-electron chi connectivity index (χ3n) is 4.83. The summed E-state index contributed by atoms with van der Waals surface area (Å²) in [5.74, 6) is 5.82. The third kappa shape index (κ3) is 3.11. The lowest BCUT2D eigenvalue weighted by atomic mass is 9.76. The summed E-state index contributed by atoms with van der Waals surface area (Å²) in [5, 5.41) is 0. The summed E-state index contributed by atoms with van der Waals surface area (Å²) in [5.41, 5.74) is 3.36. The van der Waals surface area contributed by atoms with Gasteiger partial charge in [0.15, 0.2) is 0 Å². The SMILES string of the molecule is NNC(c1ccccc1F)C1CCOC2(CCOCC2)C1. The summed E-state index contributed by atoms with van der Waals surface area (Å²) >= 11 is 0. The molecular formula is C16H23FN2O2. The highest BCUT2D eigenvalue weighted by Crippen LogP contribution is 2.41. The number of nitrogens with two attached hydrogens (primary N) is 1. The molecule has 2 aliphatic rings. The fourth-order valence-corrected chi connectivity index (χ4v) is 3.65. The van der Waals surface area contributed by atoms with Crippen molar-refractivity contribution in [3.63, 3.8) is 0 Å². The first-order chi connectivity index (χ1) is 10.2. The zero-order valence-electron chi connectivity index (χ0n) is 12.2. The van der Waals surface area contributed by atoms with Crippen LogP contribution in [0.5, 0.6) is 0 Å². The quantitative estimate of drug-likeness (QED) is 0.663. The molecule has 0 bridgehead atoms. The van der Waals surface area contributed by atoms with Crippen LogP contribution in [0, 0.1) is 11.7 Å². The van der Waals surface area contributed by atoms with Crippen LogP contribution in [0.4, 0.5) is 4.39 Å². The molecule has 2 atom stereocenters. The summed E-state index contributed by atoms with van der Waals surface area (Å²) in [6.45, 7) is 2.19. The Kier molecular flexibility index (Phi) is 4.54. The van der Waals surface area contributed by atoms with Gasteiger partial charge in [-0.1, -0.05) is 18.2 Å². The predicted octanol–water partition coefficient (Wildman–Crippen LogP) is 2.31. The topological polar surface area (TPSA) is 56.5 Å². The highest BCUT2D eigenvalue weighted by Gasteiger charge is 2.41. The Morgan fingerprint density at radius 3 is 2.71 bits per heavy atom. The van der Waals surface area contributed by atoms with Gasteiger partial charge in [0.2, 0.25) is 0 Å². The van der Waals surface area contributed by atoms with Crippen LogP contribution >= 0.6 is 0 Å². The monoisotopic (exact) mass is 294 g/mol. The zero-order chi connectivity index (χ0) is 14.7. The number of ether oxygens (including phenoxy) is 2. The maximum atomic E-state index is 14.1. The molecule has 0 aromatic heterocycles. The molecule has 0 saturated carbocycles. The summed E-state index contributed by atoms with van der Waals surface area (Å²) in [6, 6.07) is 6.69. The summed E-state index contributed by atoms with van der Waals surface area (Å²) in [7, 11) is 0. The minimum absolute atomic E-state index is 0.110. The van der Waals surface area contributed by atoms with Crippen LogP contribution < -0.4 is 11.3 Å². The van der Waals surface area contributed by atoms with E-state index in [4.69, 9.17) is 15.3 Å². The Labute approximate surface area is 124 Å². The van der Waals surface area contributed by atoms with Crippen molar-refractivity contribution in [3.8, 4) is 0 Å². The van der Waals surface area contributed by atoms with Crippen molar-refractivity contribution in [1.29, 1.82) is 0 Å². The molecule has 5 heteroatoms. The lowest BCUT2D eigenvalue weighted by Crippen LogP contribution is -2.47. The summed E-state index contributed by atoms with van der Waals surface area (Å²) in [6.07, 6.45) is 3.63. The van der Waals surface area contributed by atoms with Crippen LogP contribution in [0.3, 0.4) is 0 Å². The van der Waals surface area contributed by atoms with Crippen molar-refractivity contribution >= 4 is 0 Å². The molecule has 116 valence electrons. The van der Waals surface area contributed by atoms with E-state index in [0.29, 0.717) is 12.2 Å². The van der Waals surface area contributed by atoms with E-state index in [-0.39, 0.29) is 23.4 Å². The van der Waals surface area contributed by atoms with E-state index in [1.54, 1.807) is 6.07 Å². The van der Waals surface area contributed by atoms with Crippen LogP contribution in [0.15, 0.2) is 24.3 Å². The molecule has 2 aliphatic heterocycles. The van der Waals surface area contributed by atoms with Crippen LogP contribution in [-0.4, -0.2) is 25.4 Å². The van der Waals surface area contributed by atoms with Gasteiger partial charge in [0.05, 0.1) is 11.6 Å². The van der Waals surface area contributed by atoms with Gasteiger partial charge in [-0.25, -0.2) is 4.39 Å². The average molecular weight is 294 g/mol. The highest BCUT2D eigenvalue weighted by molar-refractivity contribution is 5.22. The number of hydrogen-bond acceptors (Lipinski definition) is 4. The fraction of sp³-hybridized carbons (Fsp3) is 0.625. The second-order valence-electron chi connectivity index (χ2n) is 6.06. The van der Waals surface area contributed by atoms with E-state index in [1.165, 1.54) is 6.07 Å². The maximum Gasteiger partial charge on any atom is 0.128 e. The first-order valence-corrected chi connectivity index (χ1v) is 7.66. The highest BCUT2D eigenvalue weighted by atomic mass is 19.1. The van der Waals surface area contributed by atoms with Crippen molar-refractivity contribution in [1.82, 2.24) is 5.43 Å². The first kappa shape index (κ1) is 14.9. The smallest absolute Gasteiger partial charge is 0.128 e. The molecule has 2 saturated heterocycles. The number of hydrogen-bond donors (Lipinski definition) is 2. The molecule has 2 heterocycles. The molecule has 2 unspecified atom stereocenters. The van der Waals surface area contributed by atoms with Crippen molar-refractivity contribution in [2.45, 2.75) is 37.3 Å². The van der Waals surface area contributed by atoms with Gasteiger partial charge in [0, 0.05) is 25.4 Å². The third-order valence-corrected chi connectivity index (χ3v) is 4.83. The molecule has 0 radical (unpaired) electrons. The number of hydrazine groups is 1.